The Balaban J connectivity index is 1.61. The number of piperidine rings is 1. The lowest BCUT2D eigenvalue weighted by molar-refractivity contribution is 0.286. The van der Waals surface area contributed by atoms with Gasteiger partial charge in [0.1, 0.15) is 5.84 Å². The lowest BCUT2D eigenvalue weighted by Gasteiger charge is -2.28. The van der Waals surface area contributed by atoms with Crippen molar-refractivity contribution in [3.05, 3.63) is 35.5 Å². The lowest BCUT2D eigenvalue weighted by Crippen LogP contribution is -2.43. The minimum absolute atomic E-state index is 0.450. The standard InChI is InChI=1S/C18H25N5/c19-18(23(20)11-13-6-8-21-9-7-13)16-12-22-10-2-4-14-3-1-5-15(16)17(14)22/h1,3,5,12-13,19,21H,2,4,6-11,20H2. The van der Waals surface area contributed by atoms with Crippen LogP contribution in [0.4, 0.5) is 0 Å². The zero-order valence-corrected chi connectivity index (χ0v) is 13.5. The number of rotatable bonds is 3. The number of aryl methyl sites for hydroxylation is 2. The Morgan fingerprint density at radius 1 is 1.35 bits per heavy atom. The molecule has 0 bridgehead atoms. The first-order chi connectivity index (χ1) is 11.2. The third-order valence-corrected chi connectivity index (χ3v) is 5.28. The van der Waals surface area contributed by atoms with E-state index in [1.807, 2.05) is 0 Å². The predicted molar refractivity (Wildman–Crippen MR) is 93.6 cm³/mol. The van der Waals surface area contributed by atoms with Crippen LogP contribution >= 0.6 is 0 Å². The van der Waals surface area contributed by atoms with Gasteiger partial charge in [-0.25, -0.2) is 5.84 Å². The van der Waals surface area contributed by atoms with Crippen LogP contribution in [0.2, 0.25) is 0 Å². The second-order valence-corrected chi connectivity index (χ2v) is 6.85. The van der Waals surface area contributed by atoms with Crippen molar-refractivity contribution in [3.8, 4) is 0 Å². The summed E-state index contributed by atoms with van der Waals surface area (Å²) in [6.45, 7) is 3.94. The molecule has 122 valence electrons. The van der Waals surface area contributed by atoms with Gasteiger partial charge in [-0.1, -0.05) is 18.2 Å². The Hall–Kier alpha value is -1.85. The molecule has 1 aromatic carbocycles. The highest BCUT2D eigenvalue weighted by atomic mass is 15.4. The summed E-state index contributed by atoms with van der Waals surface area (Å²) < 4.78 is 2.30. The zero-order valence-electron chi connectivity index (χ0n) is 13.5. The first kappa shape index (κ1) is 14.7. The number of nitrogens with one attached hydrogen (secondary N) is 2. The first-order valence-corrected chi connectivity index (χ1v) is 8.66. The minimum atomic E-state index is 0.450. The molecule has 4 rings (SSSR count). The average molecular weight is 311 g/mol. The second-order valence-electron chi connectivity index (χ2n) is 6.85. The number of nitrogens with zero attached hydrogens (tertiary/aromatic N) is 2. The Labute approximate surface area is 136 Å². The van der Waals surface area contributed by atoms with Crippen molar-refractivity contribution in [2.45, 2.75) is 32.2 Å². The molecule has 1 fully saturated rings. The number of hydrogen-bond donors (Lipinski definition) is 3. The molecular weight excluding hydrogens is 286 g/mol. The summed E-state index contributed by atoms with van der Waals surface area (Å²) in [5, 5.41) is 14.8. The fourth-order valence-electron chi connectivity index (χ4n) is 4.03. The second kappa shape index (κ2) is 5.98. The van der Waals surface area contributed by atoms with Gasteiger partial charge in [0.25, 0.3) is 0 Å². The van der Waals surface area contributed by atoms with E-state index in [-0.39, 0.29) is 0 Å². The molecule has 5 nitrogen and oxygen atoms in total. The Morgan fingerprint density at radius 3 is 3.00 bits per heavy atom. The number of amidine groups is 1. The smallest absolute Gasteiger partial charge is 0.144 e. The quantitative estimate of drug-likeness (QED) is 0.352. The molecule has 0 saturated carbocycles. The predicted octanol–water partition coefficient (Wildman–Crippen LogP) is 2.09. The largest absolute Gasteiger partial charge is 0.346 e. The molecule has 0 aliphatic carbocycles. The average Bonchev–Trinajstić information content (AvgIpc) is 2.96. The van der Waals surface area contributed by atoms with Crippen molar-refractivity contribution >= 4 is 16.7 Å². The zero-order chi connectivity index (χ0) is 15.8. The molecule has 0 spiro atoms. The van der Waals surface area contributed by atoms with Gasteiger partial charge in [0, 0.05) is 30.2 Å². The molecule has 2 aromatic rings. The van der Waals surface area contributed by atoms with Gasteiger partial charge in [-0.3, -0.25) is 10.4 Å². The Bertz CT molecular complexity index is 726. The molecule has 0 radical (unpaired) electrons. The van der Waals surface area contributed by atoms with E-state index in [2.05, 4.69) is 34.3 Å². The molecule has 3 heterocycles. The molecule has 23 heavy (non-hydrogen) atoms. The highest BCUT2D eigenvalue weighted by Crippen LogP contribution is 2.30. The van der Waals surface area contributed by atoms with E-state index in [0.29, 0.717) is 11.8 Å². The molecule has 1 aromatic heterocycles. The van der Waals surface area contributed by atoms with Crippen molar-refractivity contribution in [1.29, 1.82) is 5.41 Å². The van der Waals surface area contributed by atoms with Gasteiger partial charge in [0.05, 0.1) is 5.52 Å². The van der Waals surface area contributed by atoms with Crippen LogP contribution in [0.15, 0.2) is 24.4 Å². The van der Waals surface area contributed by atoms with Crippen LogP contribution in [0.3, 0.4) is 0 Å². The van der Waals surface area contributed by atoms with Crippen LogP contribution in [0, 0.1) is 11.3 Å². The number of aromatic nitrogens is 1. The van der Waals surface area contributed by atoms with Crippen LogP contribution in [0.5, 0.6) is 0 Å². The first-order valence-electron chi connectivity index (χ1n) is 8.66. The summed E-state index contributed by atoms with van der Waals surface area (Å²) in [6.07, 6.45) is 6.72. The summed E-state index contributed by atoms with van der Waals surface area (Å²) in [4.78, 5) is 0. The van der Waals surface area contributed by atoms with Crippen LogP contribution in [0.1, 0.15) is 30.4 Å². The minimum Gasteiger partial charge on any atom is -0.346 e. The maximum absolute atomic E-state index is 8.59. The maximum atomic E-state index is 8.59. The van der Waals surface area contributed by atoms with Crippen LogP contribution in [-0.4, -0.2) is 35.0 Å². The van der Waals surface area contributed by atoms with Crippen molar-refractivity contribution in [2.75, 3.05) is 19.6 Å². The van der Waals surface area contributed by atoms with E-state index in [4.69, 9.17) is 11.3 Å². The monoisotopic (exact) mass is 311 g/mol. The molecule has 0 unspecified atom stereocenters. The number of hydrogen-bond acceptors (Lipinski definition) is 3. The summed E-state index contributed by atoms with van der Waals surface area (Å²) >= 11 is 0. The number of nitrogens with two attached hydrogens (primary N) is 1. The number of para-hydroxylation sites is 1. The van der Waals surface area contributed by atoms with Gasteiger partial charge in [-0.05, 0) is 50.3 Å². The highest BCUT2D eigenvalue weighted by molar-refractivity contribution is 6.08. The van der Waals surface area contributed by atoms with Crippen molar-refractivity contribution < 1.29 is 0 Å². The fraction of sp³-hybridized carbons (Fsp3) is 0.500. The van der Waals surface area contributed by atoms with Crippen LogP contribution in [-0.2, 0) is 13.0 Å². The van der Waals surface area contributed by atoms with Crippen molar-refractivity contribution in [3.63, 3.8) is 0 Å². The molecule has 4 N–H and O–H groups in total. The molecule has 2 aliphatic heterocycles. The van der Waals surface area contributed by atoms with Gasteiger partial charge in [0.2, 0.25) is 0 Å². The van der Waals surface area contributed by atoms with Gasteiger partial charge < -0.3 is 9.88 Å². The van der Waals surface area contributed by atoms with Gasteiger partial charge in [-0.15, -0.1) is 0 Å². The summed E-state index contributed by atoms with van der Waals surface area (Å²) in [5.41, 5.74) is 3.67. The number of hydrazine groups is 1. The Morgan fingerprint density at radius 2 is 2.17 bits per heavy atom. The molecule has 0 atom stereocenters. The maximum Gasteiger partial charge on any atom is 0.144 e. The third-order valence-electron chi connectivity index (χ3n) is 5.28. The lowest BCUT2D eigenvalue weighted by atomic mass is 9.97. The highest BCUT2D eigenvalue weighted by Gasteiger charge is 2.22. The van der Waals surface area contributed by atoms with E-state index in [1.54, 1.807) is 5.01 Å². The van der Waals surface area contributed by atoms with Gasteiger partial charge in [-0.2, -0.15) is 0 Å². The van der Waals surface area contributed by atoms with Crippen molar-refractivity contribution in [1.82, 2.24) is 14.9 Å². The summed E-state index contributed by atoms with van der Waals surface area (Å²) in [5.74, 6) is 7.29. The fourth-order valence-corrected chi connectivity index (χ4v) is 4.03. The molecular formula is C18H25N5. The summed E-state index contributed by atoms with van der Waals surface area (Å²) in [6, 6.07) is 6.45. The molecule has 1 saturated heterocycles. The Kier molecular flexibility index (Phi) is 3.83. The normalized spacial score (nSPS) is 18.3. The number of benzene rings is 1. The third kappa shape index (κ3) is 2.64. The van der Waals surface area contributed by atoms with Crippen LogP contribution in [0.25, 0.3) is 10.9 Å². The SMILES string of the molecule is N=C(c1cn2c3c(cccc13)CCC2)N(N)CC1CCNCC1. The molecule has 2 aliphatic rings. The summed E-state index contributed by atoms with van der Waals surface area (Å²) in [7, 11) is 0. The van der Waals surface area contributed by atoms with Crippen molar-refractivity contribution in [2.24, 2.45) is 11.8 Å². The van der Waals surface area contributed by atoms with Gasteiger partial charge >= 0.3 is 0 Å². The van der Waals surface area contributed by atoms with E-state index in [0.717, 1.165) is 51.0 Å². The molecule has 5 heteroatoms. The molecule has 0 amide bonds. The van der Waals surface area contributed by atoms with Gasteiger partial charge in [0.15, 0.2) is 0 Å². The van der Waals surface area contributed by atoms with E-state index in [9.17, 15) is 0 Å². The van der Waals surface area contributed by atoms with E-state index < -0.39 is 0 Å². The van der Waals surface area contributed by atoms with Crippen LogP contribution < -0.4 is 11.2 Å². The topological polar surface area (TPSA) is 70.1 Å². The van der Waals surface area contributed by atoms with E-state index in [1.165, 1.54) is 22.9 Å². The van der Waals surface area contributed by atoms with E-state index >= 15 is 0 Å².